The molecule has 0 atom stereocenters. The Morgan fingerprint density at radius 2 is 1.64 bits per heavy atom. The van der Waals surface area contributed by atoms with Crippen LogP contribution in [0.1, 0.15) is 42.3 Å². The summed E-state index contributed by atoms with van der Waals surface area (Å²) in [7, 11) is 0. The predicted molar refractivity (Wildman–Crippen MR) is 141 cm³/mol. The van der Waals surface area contributed by atoms with E-state index >= 15 is 0 Å². The number of benzene rings is 2. The number of rotatable bonds is 10. The molecule has 7 nitrogen and oxygen atoms in total. The zero-order chi connectivity index (χ0) is 25.3. The minimum atomic E-state index is -0.321. The molecule has 0 amide bonds. The van der Waals surface area contributed by atoms with Crippen molar-refractivity contribution >= 4 is 11.8 Å². The van der Waals surface area contributed by atoms with E-state index in [-0.39, 0.29) is 12.1 Å². The van der Waals surface area contributed by atoms with Crippen LogP contribution in [0.15, 0.2) is 66.9 Å². The lowest BCUT2D eigenvalue weighted by atomic mass is 10.1. The number of hydrogen-bond acceptors (Lipinski definition) is 7. The molecule has 1 saturated heterocycles. The summed E-state index contributed by atoms with van der Waals surface area (Å²) in [6.45, 7) is 11.0. The molecule has 3 aromatic rings. The molecule has 0 bridgehead atoms. The molecule has 0 radical (unpaired) electrons. The normalized spacial score (nSPS) is 14.1. The number of carbonyl (C=O) groups excluding carboxylic acids is 1. The molecule has 0 N–H and O–H groups in total. The SMILES string of the molecule is CCOc1ccccc1OCc1cccc(CN2CCN(c3ncccc3C(=O)OC(C)C)CC2)c1. The van der Waals surface area contributed by atoms with Crippen molar-refractivity contribution in [2.45, 2.75) is 40.0 Å². The third-order valence-corrected chi connectivity index (χ3v) is 5.96. The lowest BCUT2D eigenvalue weighted by Crippen LogP contribution is -2.46. The highest BCUT2D eigenvalue weighted by Gasteiger charge is 2.23. The number of carbonyl (C=O) groups is 1. The molecule has 0 spiro atoms. The van der Waals surface area contributed by atoms with Gasteiger partial charge in [0, 0.05) is 38.9 Å². The van der Waals surface area contributed by atoms with E-state index in [1.54, 1.807) is 18.3 Å². The van der Waals surface area contributed by atoms with Gasteiger partial charge in [-0.15, -0.1) is 0 Å². The Kier molecular flexibility index (Phi) is 8.79. The molecule has 4 rings (SSSR count). The molecule has 36 heavy (non-hydrogen) atoms. The van der Waals surface area contributed by atoms with Crippen LogP contribution in [0.5, 0.6) is 11.5 Å². The molecule has 2 aromatic carbocycles. The van der Waals surface area contributed by atoms with Gasteiger partial charge < -0.3 is 19.1 Å². The fourth-order valence-electron chi connectivity index (χ4n) is 4.28. The molecule has 1 aromatic heterocycles. The van der Waals surface area contributed by atoms with Gasteiger partial charge in [0.1, 0.15) is 18.0 Å². The molecule has 0 aliphatic carbocycles. The van der Waals surface area contributed by atoms with Crippen LogP contribution in [0.3, 0.4) is 0 Å². The Morgan fingerprint density at radius 3 is 2.36 bits per heavy atom. The van der Waals surface area contributed by atoms with Crippen molar-refractivity contribution in [3.63, 3.8) is 0 Å². The second kappa shape index (κ2) is 12.4. The van der Waals surface area contributed by atoms with E-state index in [1.165, 1.54) is 5.56 Å². The summed E-state index contributed by atoms with van der Waals surface area (Å²) < 4.78 is 17.1. The van der Waals surface area contributed by atoms with E-state index in [0.717, 1.165) is 49.8 Å². The van der Waals surface area contributed by atoms with Crippen LogP contribution in [0.4, 0.5) is 5.82 Å². The Balaban J connectivity index is 1.33. The summed E-state index contributed by atoms with van der Waals surface area (Å²) in [5.41, 5.74) is 2.90. The van der Waals surface area contributed by atoms with Gasteiger partial charge in [0.15, 0.2) is 11.5 Å². The highest BCUT2D eigenvalue weighted by molar-refractivity contribution is 5.94. The van der Waals surface area contributed by atoms with E-state index < -0.39 is 0 Å². The van der Waals surface area contributed by atoms with Crippen LogP contribution in [0.2, 0.25) is 0 Å². The van der Waals surface area contributed by atoms with Crippen LogP contribution in [0, 0.1) is 0 Å². The summed E-state index contributed by atoms with van der Waals surface area (Å²) in [5, 5.41) is 0. The van der Waals surface area contributed by atoms with Crippen molar-refractivity contribution in [1.29, 1.82) is 0 Å². The summed E-state index contributed by atoms with van der Waals surface area (Å²) >= 11 is 0. The summed E-state index contributed by atoms with van der Waals surface area (Å²) in [5.74, 6) is 1.90. The number of anilines is 1. The number of esters is 1. The molecule has 0 unspecified atom stereocenters. The molecule has 0 saturated carbocycles. The average molecular weight is 490 g/mol. The number of hydrogen-bond donors (Lipinski definition) is 0. The maximum atomic E-state index is 12.5. The average Bonchev–Trinajstić information content (AvgIpc) is 2.89. The maximum absolute atomic E-state index is 12.5. The van der Waals surface area contributed by atoms with Gasteiger partial charge in [-0.1, -0.05) is 36.4 Å². The maximum Gasteiger partial charge on any atom is 0.342 e. The number of piperazine rings is 1. The lowest BCUT2D eigenvalue weighted by molar-refractivity contribution is 0.0378. The third-order valence-electron chi connectivity index (χ3n) is 5.96. The zero-order valence-corrected chi connectivity index (χ0v) is 21.4. The van der Waals surface area contributed by atoms with Crippen molar-refractivity contribution in [3.05, 3.63) is 83.6 Å². The third kappa shape index (κ3) is 6.76. The highest BCUT2D eigenvalue weighted by Crippen LogP contribution is 2.27. The number of ether oxygens (including phenoxy) is 3. The fraction of sp³-hybridized carbons (Fsp3) is 0.379. The fourth-order valence-corrected chi connectivity index (χ4v) is 4.28. The molecule has 1 aliphatic heterocycles. The number of aromatic nitrogens is 1. The van der Waals surface area contributed by atoms with Crippen molar-refractivity contribution < 1.29 is 19.0 Å². The van der Waals surface area contributed by atoms with Gasteiger partial charge >= 0.3 is 5.97 Å². The Labute approximate surface area is 213 Å². The van der Waals surface area contributed by atoms with Gasteiger partial charge in [0.25, 0.3) is 0 Å². The molecule has 2 heterocycles. The van der Waals surface area contributed by atoms with E-state index in [0.29, 0.717) is 24.6 Å². The Morgan fingerprint density at radius 1 is 0.917 bits per heavy atom. The largest absolute Gasteiger partial charge is 0.490 e. The molecule has 1 aliphatic rings. The molecule has 7 heteroatoms. The summed E-state index contributed by atoms with van der Waals surface area (Å²) in [4.78, 5) is 21.6. The van der Waals surface area contributed by atoms with Gasteiger partial charge in [0.2, 0.25) is 0 Å². The van der Waals surface area contributed by atoms with Crippen molar-refractivity contribution in [2.24, 2.45) is 0 Å². The van der Waals surface area contributed by atoms with Gasteiger partial charge in [-0.05, 0) is 56.2 Å². The topological polar surface area (TPSA) is 64.1 Å². The summed E-state index contributed by atoms with van der Waals surface area (Å²) in [6.07, 6.45) is 1.57. The first kappa shape index (κ1) is 25.5. The number of nitrogens with zero attached hydrogens (tertiary/aromatic N) is 3. The van der Waals surface area contributed by atoms with Gasteiger partial charge in [-0.25, -0.2) is 9.78 Å². The lowest BCUT2D eigenvalue weighted by Gasteiger charge is -2.36. The van der Waals surface area contributed by atoms with Crippen LogP contribution >= 0.6 is 0 Å². The second-order valence-corrected chi connectivity index (χ2v) is 9.08. The number of para-hydroxylation sites is 2. The quantitative estimate of drug-likeness (QED) is 0.374. The van der Waals surface area contributed by atoms with Crippen molar-refractivity contribution in [3.8, 4) is 11.5 Å². The van der Waals surface area contributed by atoms with Crippen LogP contribution in [-0.4, -0.2) is 54.7 Å². The summed E-state index contributed by atoms with van der Waals surface area (Å²) in [6, 6.07) is 19.9. The van der Waals surface area contributed by atoms with Crippen LogP contribution < -0.4 is 14.4 Å². The minimum Gasteiger partial charge on any atom is -0.490 e. The van der Waals surface area contributed by atoms with Crippen LogP contribution in [0.25, 0.3) is 0 Å². The molecule has 190 valence electrons. The smallest absolute Gasteiger partial charge is 0.342 e. The Bertz CT molecular complexity index is 1140. The highest BCUT2D eigenvalue weighted by atomic mass is 16.5. The Hall–Kier alpha value is -3.58. The van der Waals surface area contributed by atoms with E-state index in [4.69, 9.17) is 14.2 Å². The van der Waals surface area contributed by atoms with E-state index in [1.807, 2.05) is 45.0 Å². The van der Waals surface area contributed by atoms with Gasteiger partial charge in [-0.2, -0.15) is 0 Å². The van der Waals surface area contributed by atoms with E-state index in [2.05, 4.69) is 39.0 Å². The first-order chi connectivity index (χ1) is 17.5. The predicted octanol–water partition coefficient (Wildman–Crippen LogP) is 4.95. The molecular weight excluding hydrogens is 454 g/mol. The van der Waals surface area contributed by atoms with Crippen molar-refractivity contribution in [2.75, 3.05) is 37.7 Å². The molecular formula is C29H35N3O4. The minimum absolute atomic E-state index is 0.164. The van der Waals surface area contributed by atoms with Crippen LogP contribution in [-0.2, 0) is 17.9 Å². The van der Waals surface area contributed by atoms with Gasteiger partial charge in [-0.3, -0.25) is 4.90 Å². The zero-order valence-electron chi connectivity index (χ0n) is 21.4. The van der Waals surface area contributed by atoms with E-state index in [9.17, 15) is 4.79 Å². The molecule has 1 fully saturated rings. The second-order valence-electron chi connectivity index (χ2n) is 9.08. The monoisotopic (exact) mass is 489 g/mol. The first-order valence-electron chi connectivity index (χ1n) is 12.6. The van der Waals surface area contributed by atoms with Crippen molar-refractivity contribution in [1.82, 2.24) is 9.88 Å². The standard InChI is InChI=1S/C29H35N3O4/c1-4-34-26-12-5-6-13-27(26)35-21-24-10-7-9-23(19-24)20-31-15-17-32(18-16-31)28-25(11-8-14-30-28)29(33)36-22(2)3/h5-14,19,22H,4,15-18,20-21H2,1-3H3. The first-order valence-corrected chi connectivity index (χ1v) is 12.6. The number of pyridine rings is 1. The van der Waals surface area contributed by atoms with Gasteiger partial charge in [0.05, 0.1) is 12.7 Å².